The molecule has 4 rings (SSSR count). The summed E-state index contributed by atoms with van der Waals surface area (Å²) in [5.74, 6) is 0.283. The largest absolute Gasteiger partial charge is 0.354 e. The Morgan fingerprint density at radius 2 is 1.68 bits per heavy atom. The molecule has 1 N–H and O–H groups in total. The predicted molar refractivity (Wildman–Crippen MR) is 151 cm³/mol. The van der Waals surface area contributed by atoms with Gasteiger partial charge in [0.25, 0.3) is 0 Å². The number of aromatic amines is 1. The molecule has 0 radical (unpaired) electrons. The quantitative estimate of drug-likeness (QED) is 0.449. The molecule has 0 spiro atoms. The third kappa shape index (κ3) is 5.66. The Kier molecular flexibility index (Phi) is 8.05. The van der Waals surface area contributed by atoms with Crippen molar-refractivity contribution in [3.8, 4) is 11.3 Å². The lowest BCUT2D eigenvalue weighted by molar-refractivity contribution is -0.141. The summed E-state index contributed by atoms with van der Waals surface area (Å²) >= 11 is 0. The van der Waals surface area contributed by atoms with Crippen LogP contribution >= 0.6 is 0 Å². The van der Waals surface area contributed by atoms with E-state index in [0.717, 1.165) is 35.4 Å². The van der Waals surface area contributed by atoms with Crippen molar-refractivity contribution in [1.29, 1.82) is 0 Å². The third-order valence-corrected chi connectivity index (χ3v) is 7.93. The number of nitrogens with one attached hydrogen (secondary N) is 1. The number of aryl methyl sites for hydroxylation is 2. The molecule has 0 bridgehead atoms. The number of likely N-dealkylation sites (N-methyl/N-ethyl adjacent to an activating group) is 1. The molecule has 3 heterocycles. The highest BCUT2D eigenvalue weighted by atomic mass is 16.2. The van der Waals surface area contributed by atoms with Gasteiger partial charge in [-0.15, -0.1) is 0 Å². The summed E-state index contributed by atoms with van der Waals surface area (Å²) in [7, 11) is 1.58. The van der Waals surface area contributed by atoms with Gasteiger partial charge in [0.2, 0.25) is 11.8 Å². The fourth-order valence-corrected chi connectivity index (χ4v) is 5.82. The first-order valence-electron chi connectivity index (χ1n) is 13.6. The van der Waals surface area contributed by atoms with E-state index >= 15 is 0 Å². The average Bonchev–Trinajstić information content (AvgIpc) is 3.25. The van der Waals surface area contributed by atoms with Crippen LogP contribution in [0.15, 0.2) is 30.3 Å². The van der Waals surface area contributed by atoms with E-state index in [2.05, 4.69) is 54.1 Å². The van der Waals surface area contributed by atoms with Crippen molar-refractivity contribution < 1.29 is 14.4 Å². The van der Waals surface area contributed by atoms with Gasteiger partial charge in [-0.1, -0.05) is 19.9 Å². The molecule has 1 fully saturated rings. The summed E-state index contributed by atoms with van der Waals surface area (Å²) < 4.78 is 0. The van der Waals surface area contributed by atoms with Gasteiger partial charge < -0.3 is 14.8 Å². The number of H-pyrrole nitrogens is 1. The standard InChI is InChI=1S/C31H40N4O3/c1-18(2)30-26-16-24(8-9-27(26)33-31(30)25-14-19(3)32-20(4)15-25)23-10-12-35(13-11-23)29(38)17-28(21(5)36)34(7)22(6)37/h8-9,14-16,18,23,28,33H,10-13,17H2,1-7H3. The molecule has 1 saturated heterocycles. The van der Waals surface area contributed by atoms with Crippen molar-refractivity contribution in [3.05, 3.63) is 52.8 Å². The maximum Gasteiger partial charge on any atom is 0.225 e. The molecule has 2 aromatic heterocycles. The number of ketones is 1. The van der Waals surface area contributed by atoms with Gasteiger partial charge in [-0.05, 0) is 80.8 Å². The molecule has 1 unspecified atom stereocenters. The number of rotatable bonds is 7. The highest BCUT2D eigenvalue weighted by molar-refractivity contribution is 5.92. The fraction of sp³-hybridized carbons (Fsp3) is 0.484. The van der Waals surface area contributed by atoms with Crippen LogP contribution in [0.3, 0.4) is 0 Å². The molecular weight excluding hydrogens is 476 g/mol. The average molecular weight is 517 g/mol. The molecule has 38 heavy (non-hydrogen) atoms. The molecule has 3 aromatic rings. The molecule has 0 aliphatic carbocycles. The molecule has 1 aliphatic heterocycles. The normalized spacial score (nSPS) is 15.2. The number of hydrogen-bond acceptors (Lipinski definition) is 4. The number of Topliss-reactive ketones (excluding diaryl/α,β-unsaturated/α-hetero) is 1. The Balaban J connectivity index is 1.53. The van der Waals surface area contributed by atoms with E-state index in [0.29, 0.717) is 24.9 Å². The van der Waals surface area contributed by atoms with Crippen molar-refractivity contribution in [2.75, 3.05) is 20.1 Å². The Hall–Kier alpha value is -3.48. The van der Waals surface area contributed by atoms with Crippen molar-refractivity contribution in [3.63, 3.8) is 0 Å². The summed E-state index contributed by atoms with van der Waals surface area (Å²) in [6.07, 6.45) is 1.79. The number of piperidine rings is 1. The zero-order chi connectivity index (χ0) is 27.7. The third-order valence-electron chi connectivity index (χ3n) is 7.93. The number of nitrogens with zero attached hydrogens (tertiary/aromatic N) is 3. The minimum Gasteiger partial charge on any atom is -0.354 e. The van der Waals surface area contributed by atoms with Gasteiger partial charge in [-0.25, -0.2) is 0 Å². The van der Waals surface area contributed by atoms with Gasteiger partial charge in [0.1, 0.15) is 0 Å². The smallest absolute Gasteiger partial charge is 0.225 e. The summed E-state index contributed by atoms with van der Waals surface area (Å²) in [5.41, 5.74) is 8.12. The van der Waals surface area contributed by atoms with Crippen molar-refractivity contribution in [1.82, 2.24) is 19.8 Å². The number of hydrogen-bond donors (Lipinski definition) is 1. The lowest BCUT2D eigenvalue weighted by Gasteiger charge is -2.34. The molecule has 0 saturated carbocycles. The molecule has 2 amide bonds. The predicted octanol–water partition coefficient (Wildman–Crippen LogP) is 5.50. The summed E-state index contributed by atoms with van der Waals surface area (Å²) in [4.78, 5) is 48.3. The first-order chi connectivity index (χ1) is 18.0. The monoisotopic (exact) mass is 516 g/mol. The van der Waals surface area contributed by atoms with Gasteiger partial charge in [-0.2, -0.15) is 0 Å². The molecule has 1 aliphatic rings. The number of amides is 2. The summed E-state index contributed by atoms with van der Waals surface area (Å²) in [6, 6.07) is 10.3. The summed E-state index contributed by atoms with van der Waals surface area (Å²) in [5, 5.41) is 1.26. The minimum absolute atomic E-state index is 0.0415. The number of pyridine rings is 1. The van der Waals surface area contributed by atoms with E-state index in [1.807, 2.05) is 18.7 Å². The van der Waals surface area contributed by atoms with Crippen LogP contribution in [-0.4, -0.2) is 63.5 Å². The van der Waals surface area contributed by atoms with Crippen LogP contribution in [0.5, 0.6) is 0 Å². The molecular formula is C31H40N4O3. The maximum atomic E-state index is 13.0. The second-order valence-corrected chi connectivity index (χ2v) is 11.1. The van der Waals surface area contributed by atoms with Crippen LogP contribution < -0.4 is 0 Å². The number of carbonyl (C=O) groups excluding carboxylic acids is 3. The number of benzene rings is 1. The Labute approximate surface area is 225 Å². The van der Waals surface area contributed by atoms with E-state index in [1.54, 1.807) is 7.05 Å². The van der Waals surface area contributed by atoms with E-state index in [1.165, 1.54) is 40.8 Å². The molecule has 1 atom stereocenters. The highest BCUT2D eigenvalue weighted by Gasteiger charge is 2.30. The lowest BCUT2D eigenvalue weighted by atomic mass is 9.87. The minimum atomic E-state index is -0.703. The topological polar surface area (TPSA) is 86.4 Å². The zero-order valence-corrected chi connectivity index (χ0v) is 23.7. The Morgan fingerprint density at radius 3 is 2.24 bits per heavy atom. The van der Waals surface area contributed by atoms with Crippen molar-refractivity contribution in [2.24, 2.45) is 0 Å². The van der Waals surface area contributed by atoms with Gasteiger partial charge in [0.05, 0.1) is 18.2 Å². The maximum absolute atomic E-state index is 13.0. The Bertz CT molecular complexity index is 1340. The first kappa shape index (κ1) is 27.6. The SMILES string of the molecule is CC(=O)C(CC(=O)N1CCC(c2ccc3[nH]c(-c4cc(C)nc(C)c4)c(C(C)C)c3c2)CC1)N(C)C(C)=O. The van der Waals surface area contributed by atoms with E-state index in [-0.39, 0.29) is 24.0 Å². The van der Waals surface area contributed by atoms with Gasteiger partial charge in [0, 0.05) is 54.9 Å². The number of carbonyl (C=O) groups is 3. The van der Waals surface area contributed by atoms with Gasteiger partial charge in [-0.3, -0.25) is 19.4 Å². The van der Waals surface area contributed by atoms with Crippen molar-refractivity contribution in [2.45, 2.75) is 78.7 Å². The molecule has 1 aromatic carbocycles. The zero-order valence-electron chi connectivity index (χ0n) is 23.7. The number of fused-ring (bicyclic) bond motifs is 1. The highest BCUT2D eigenvalue weighted by Crippen LogP contribution is 2.38. The fourth-order valence-electron chi connectivity index (χ4n) is 5.82. The van der Waals surface area contributed by atoms with Crippen LogP contribution in [0.4, 0.5) is 0 Å². The van der Waals surface area contributed by atoms with E-state index < -0.39 is 6.04 Å². The number of likely N-dealkylation sites (tertiary alicyclic amines) is 1. The lowest BCUT2D eigenvalue weighted by Crippen LogP contribution is -2.46. The summed E-state index contributed by atoms with van der Waals surface area (Å²) in [6.45, 7) is 12.7. The van der Waals surface area contributed by atoms with Crippen molar-refractivity contribution >= 4 is 28.5 Å². The van der Waals surface area contributed by atoms with Crippen LogP contribution in [0.1, 0.15) is 81.3 Å². The number of aromatic nitrogens is 2. The van der Waals surface area contributed by atoms with Gasteiger partial charge >= 0.3 is 0 Å². The Morgan fingerprint density at radius 1 is 1.05 bits per heavy atom. The van der Waals surface area contributed by atoms with E-state index in [4.69, 9.17) is 0 Å². The van der Waals surface area contributed by atoms with Crippen LogP contribution in [0.2, 0.25) is 0 Å². The second kappa shape index (κ2) is 11.1. The molecule has 202 valence electrons. The molecule has 7 heteroatoms. The van der Waals surface area contributed by atoms with Gasteiger partial charge in [0.15, 0.2) is 5.78 Å². The van der Waals surface area contributed by atoms with Crippen LogP contribution in [-0.2, 0) is 14.4 Å². The van der Waals surface area contributed by atoms with Crippen LogP contribution in [0.25, 0.3) is 22.2 Å². The second-order valence-electron chi connectivity index (χ2n) is 11.1. The molecule has 7 nitrogen and oxygen atoms in total. The van der Waals surface area contributed by atoms with E-state index in [9.17, 15) is 14.4 Å². The first-order valence-corrected chi connectivity index (χ1v) is 13.6. The van der Waals surface area contributed by atoms with Crippen LogP contribution in [0, 0.1) is 13.8 Å².